The summed E-state index contributed by atoms with van der Waals surface area (Å²) in [5.41, 5.74) is 3.38. The van der Waals surface area contributed by atoms with Crippen molar-refractivity contribution in [2.45, 2.75) is 32.3 Å². The third-order valence-corrected chi connectivity index (χ3v) is 3.88. The number of benzene rings is 1. The van der Waals surface area contributed by atoms with E-state index < -0.39 is 0 Å². The molecule has 2 heterocycles. The number of amides is 1. The van der Waals surface area contributed by atoms with Gasteiger partial charge in [0.2, 0.25) is 5.91 Å². The Morgan fingerprint density at radius 2 is 2.37 bits per heavy atom. The Morgan fingerprint density at radius 3 is 3.16 bits per heavy atom. The Morgan fingerprint density at radius 1 is 1.47 bits per heavy atom. The highest BCUT2D eigenvalue weighted by molar-refractivity contribution is 5.93. The van der Waals surface area contributed by atoms with Crippen molar-refractivity contribution < 1.29 is 9.53 Å². The Balaban J connectivity index is 1.68. The Hall–Kier alpha value is -1.55. The molecule has 0 bridgehead atoms. The highest BCUT2D eigenvalue weighted by Crippen LogP contribution is 2.26. The lowest BCUT2D eigenvalue weighted by molar-refractivity contribution is -0.119. The fraction of sp³-hybridized carbons (Fsp3) is 0.533. The van der Waals surface area contributed by atoms with Crippen LogP contribution < -0.4 is 10.6 Å². The fourth-order valence-corrected chi connectivity index (χ4v) is 2.80. The first-order valence-electron chi connectivity index (χ1n) is 7.01. The molecule has 4 heteroatoms. The van der Waals surface area contributed by atoms with Crippen molar-refractivity contribution >= 4 is 17.3 Å². The molecular weight excluding hydrogens is 240 g/mol. The minimum absolute atomic E-state index is 0.0100. The summed E-state index contributed by atoms with van der Waals surface area (Å²) in [6.45, 7) is 3.59. The molecule has 102 valence electrons. The van der Waals surface area contributed by atoms with Gasteiger partial charge in [-0.25, -0.2) is 0 Å². The molecule has 2 N–H and O–H groups in total. The molecule has 19 heavy (non-hydrogen) atoms. The van der Waals surface area contributed by atoms with Crippen molar-refractivity contribution in [3.8, 4) is 0 Å². The van der Waals surface area contributed by atoms with Crippen LogP contribution >= 0.6 is 0 Å². The van der Waals surface area contributed by atoms with Crippen LogP contribution in [0.15, 0.2) is 18.2 Å². The van der Waals surface area contributed by atoms with Crippen LogP contribution in [0.1, 0.15) is 25.3 Å². The minimum atomic E-state index is -0.0100. The van der Waals surface area contributed by atoms with E-state index >= 15 is 0 Å². The van der Waals surface area contributed by atoms with Crippen molar-refractivity contribution in [2.24, 2.45) is 5.92 Å². The highest BCUT2D eigenvalue weighted by Gasteiger charge is 2.28. The van der Waals surface area contributed by atoms with Crippen LogP contribution in [0.25, 0.3) is 0 Å². The minimum Gasteiger partial charge on any atom is -0.385 e. The molecule has 0 radical (unpaired) electrons. The largest absolute Gasteiger partial charge is 0.385 e. The summed E-state index contributed by atoms with van der Waals surface area (Å²) in [4.78, 5) is 12.1. The van der Waals surface area contributed by atoms with E-state index in [0.29, 0.717) is 6.61 Å². The lowest BCUT2D eigenvalue weighted by atomic mass is 10.0. The third kappa shape index (κ3) is 2.73. The van der Waals surface area contributed by atoms with E-state index in [1.54, 1.807) is 0 Å². The number of aryl methyl sites for hydroxylation is 1. The fourth-order valence-electron chi connectivity index (χ4n) is 2.80. The summed E-state index contributed by atoms with van der Waals surface area (Å²) in [5.74, 6) is 0.0669. The summed E-state index contributed by atoms with van der Waals surface area (Å²) in [6, 6.07) is 6.10. The van der Waals surface area contributed by atoms with E-state index in [9.17, 15) is 4.79 Å². The maximum absolute atomic E-state index is 12.1. The van der Waals surface area contributed by atoms with Crippen molar-refractivity contribution in [1.82, 2.24) is 0 Å². The van der Waals surface area contributed by atoms with Crippen molar-refractivity contribution in [1.29, 1.82) is 0 Å². The number of carbonyl (C=O) groups is 1. The molecule has 1 aromatic carbocycles. The number of hydrogen-bond donors (Lipinski definition) is 2. The van der Waals surface area contributed by atoms with Gasteiger partial charge in [-0.15, -0.1) is 0 Å². The molecule has 3 rings (SSSR count). The van der Waals surface area contributed by atoms with Gasteiger partial charge in [-0.05, 0) is 49.9 Å². The lowest BCUT2D eigenvalue weighted by Crippen LogP contribution is -2.23. The molecule has 2 unspecified atom stereocenters. The number of hydrogen-bond acceptors (Lipinski definition) is 3. The number of ether oxygens (including phenoxy) is 1. The van der Waals surface area contributed by atoms with Gasteiger partial charge in [0.25, 0.3) is 0 Å². The van der Waals surface area contributed by atoms with Crippen LogP contribution in [0.5, 0.6) is 0 Å². The smallest absolute Gasteiger partial charge is 0.229 e. The van der Waals surface area contributed by atoms with Crippen LogP contribution in [0, 0.1) is 5.92 Å². The van der Waals surface area contributed by atoms with Gasteiger partial charge in [-0.3, -0.25) is 4.79 Å². The van der Waals surface area contributed by atoms with Crippen LogP contribution in [-0.2, 0) is 16.0 Å². The van der Waals surface area contributed by atoms with E-state index in [2.05, 4.69) is 22.8 Å². The molecule has 1 amide bonds. The molecule has 0 aliphatic carbocycles. The van der Waals surface area contributed by atoms with Crippen LogP contribution in [0.4, 0.5) is 11.4 Å². The number of fused-ring (bicyclic) bond motifs is 1. The van der Waals surface area contributed by atoms with Gasteiger partial charge in [0, 0.05) is 17.9 Å². The first-order valence-corrected chi connectivity index (χ1v) is 7.01. The summed E-state index contributed by atoms with van der Waals surface area (Å²) < 4.78 is 5.44. The maximum Gasteiger partial charge on any atom is 0.229 e. The van der Waals surface area contributed by atoms with E-state index in [1.807, 2.05) is 13.0 Å². The predicted molar refractivity (Wildman–Crippen MR) is 75.4 cm³/mol. The zero-order valence-electron chi connectivity index (χ0n) is 11.2. The first kappa shape index (κ1) is 12.5. The second-order valence-corrected chi connectivity index (χ2v) is 5.47. The normalized spacial score (nSPS) is 25.5. The van der Waals surface area contributed by atoms with Gasteiger partial charge >= 0.3 is 0 Å². The van der Waals surface area contributed by atoms with E-state index in [1.165, 1.54) is 11.3 Å². The average Bonchev–Trinajstić information content (AvgIpc) is 2.85. The van der Waals surface area contributed by atoms with E-state index in [0.717, 1.165) is 31.5 Å². The average molecular weight is 260 g/mol. The molecule has 4 nitrogen and oxygen atoms in total. The quantitative estimate of drug-likeness (QED) is 0.858. The molecule has 0 aromatic heterocycles. The molecule has 2 aliphatic heterocycles. The van der Waals surface area contributed by atoms with Crippen molar-refractivity contribution in [3.63, 3.8) is 0 Å². The monoisotopic (exact) mass is 260 g/mol. The number of carbonyl (C=O) groups excluding carboxylic acids is 1. The van der Waals surface area contributed by atoms with Crippen molar-refractivity contribution in [2.75, 3.05) is 23.8 Å². The molecule has 1 fully saturated rings. The van der Waals surface area contributed by atoms with E-state index in [4.69, 9.17) is 4.74 Å². The third-order valence-electron chi connectivity index (χ3n) is 3.88. The second-order valence-electron chi connectivity index (χ2n) is 5.47. The number of anilines is 2. The number of rotatable bonds is 2. The molecule has 2 aliphatic rings. The van der Waals surface area contributed by atoms with Gasteiger partial charge in [0.15, 0.2) is 0 Å². The van der Waals surface area contributed by atoms with Crippen LogP contribution in [0.3, 0.4) is 0 Å². The standard InChI is InChI=1S/C15H20N2O2/c1-10-7-12(9-19-10)15(18)17-13-4-5-14-11(8-13)3-2-6-16-14/h4-5,8,10,12,16H,2-3,6-7,9H2,1H3,(H,17,18). The summed E-state index contributed by atoms with van der Waals surface area (Å²) in [7, 11) is 0. The lowest BCUT2D eigenvalue weighted by Gasteiger charge is -2.19. The zero-order valence-corrected chi connectivity index (χ0v) is 11.2. The SMILES string of the molecule is CC1CC(C(=O)Nc2ccc3c(c2)CCCN3)CO1. The van der Waals surface area contributed by atoms with E-state index in [-0.39, 0.29) is 17.9 Å². The topological polar surface area (TPSA) is 50.4 Å². The predicted octanol–water partition coefficient (Wildman–Crippen LogP) is 2.41. The summed E-state index contributed by atoms with van der Waals surface area (Å²) >= 11 is 0. The highest BCUT2D eigenvalue weighted by atomic mass is 16.5. The van der Waals surface area contributed by atoms with Crippen LogP contribution in [0.2, 0.25) is 0 Å². The molecule has 1 saturated heterocycles. The zero-order chi connectivity index (χ0) is 13.2. The Labute approximate surface area is 113 Å². The molecule has 1 aromatic rings. The molecular formula is C15H20N2O2. The van der Waals surface area contributed by atoms with Gasteiger partial charge in [-0.1, -0.05) is 0 Å². The maximum atomic E-state index is 12.1. The summed E-state index contributed by atoms with van der Waals surface area (Å²) in [6.07, 6.45) is 3.25. The Bertz CT molecular complexity index is 487. The number of nitrogens with one attached hydrogen (secondary N) is 2. The van der Waals surface area contributed by atoms with Gasteiger partial charge in [0.1, 0.15) is 0 Å². The molecule has 0 saturated carbocycles. The second kappa shape index (κ2) is 5.21. The first-order chi connectivity index (χ1) is 9.22. The Kier molecular flexibility index (Phi) is 3.42. The van der Waals surface area contributed by atoms with Gasteiger partial charge < -0.3 is 15.4 Å². The summed E-state index contributed by atoms with van der Waals surface area (Å²) in [5, 5.41) is 6.38. The molecule has 2 atom stereocenters. The van der Waals surface area contributed by atoms with Crippen LogP contribution in [-0.4, -0.2) is 25.2 Å². The van der Waals surface area contributed by atoms with Crippen molar-refractivity contribution in [3.05, 3.63) is 23.8 Å². The van der Waals surface area contributed by atoms with Gasteiger partial charge in [0.05, 0.1) is 18.6 Å². The van der Waals surface area contributed by atoms with Gasteiger partial charge in [-0.2, -0.15) is 0 Å². The molecule has 0 spiro atoms.